The number of fused-ring (bicyclic) bond motifs is 2. The van der Waals surface area contributed by atoms with E-state index in [4.69, 9.17) is 4.74 Å². The van der Waals surface area contributed by atoms with E-state index in [0.717, 1.165) is 49.9 Å². The van der Waals surface area contributed by atoms with Gasteiger partial charge < -0.3 is 4.74 Å². The summed E-state index contributed by atoms with van der Waals surface area (Å²) >= 11 is 0. The molecule has 2 bridgehead atoms. The first-order valence-corrected chi connectivity index (χ1v) is 9.60. The zero-order valence-corrected chi connectivity index (χ0v) is 15.3. The highest BCUT2D eigenvalue weighted by atomic mass is 19.1. The quantitative estimate of drug-likeness (QED) is 0.571. The number of ether oxygens (including phenoxy) is 1. The Bertz CT molecular complexity index is 871. The van der Waals surface area contributed by atoms with E-state index in [-0.39, 0.29) is 23.1 Å². The lowest BCUT2D eigenvalue weighted by molar-refractivity contribution is -0.137. The van der Waals surface area contributed by atoms with Crippen molar-refractivity contribution in [3.63, 3.8) is 0 Å². The van der Waals surface area contributed by atoms with Crippen LogP contribution in [-0.4, -0.2) is 37.1 Å². The molecule has 0 amide bonds. The summed E-state index contributed by atoms with van der Waals surface area (Å²) in [5.74, 6) is -0.211. The van der Waals surface area contributed by atoms with E-state index >= 15 is 0 Å². The molecular weight excluding hydrogens is 329 g/mol. The lowest BCUT2D eigenvalue weighted by Crippen LogP contribution is -2.55. The molecule has 2 saturated heterocycles. The fraction of sp³-hybridized carbons (Fsp3) is 0.500. The predicted octanol–water partition coefficient (Wildman–Crippen LogP) is 3.53. The summed E-state index contributed by atoms with van der Waals surface area (Å²) in [6.45, 7) is 3.98. The molecule has 26 heavy (non-hydrogen) atoms. The topological polar surface area (TPSA) is 29.5 Å². The van der Waals surface area contributed by atoms with Gasteiger partial charge in [0, 0.05) is 36.0 Å². The minimum Gasteiger partial charge on any atom is -0.466 e. The van der Waals surface area contributed by atoms with E-state index in [2.05, 4.69) is 17.9 Å². The average molecular weight is 353 g/mol. The maximum absolute atomic E-state index is 14.2. The minimum absolute atomic E-state index is 0.157. The molecule has 1 aromatic rings. The van der Waals surface area contributed by atoms with Crippen LogP contribution < -0.4 is 0 Å². The smallest absolute Gasteiger partial charge is 0.334 e. The van der Waals surface area contributed by atoms with Gasteiger partial charge in [-0.3, -0.25) is 4.90 Å². The van der Waals surface area contributed by atoms with Gasteiger partial charge >= 0.3 is 5.97 Å². The number of hydrogen-bond donors (Lipinski definition) is 0. The van der Waals surface area contributed by atoms with Crippen LogP contribution in [0, 0.1) is 11.7 Å². The van der Waals surface area contributed by atoms with Gasteiger partial charge in [-0.25, -0.2) is 9.18 Å². The highest BCUT2D eigenvalue weighted by molar-refractivity contribution is 5.92. The molecule has 136 valence electrons. The van der Waals surface area contributed by atoms with Crippen LogP contribution in [0.15, 0.2) is 41.0 Å². The lowest BCUT2D eigenvalue weighted by atomic mass is 9.54. The monoisotopic (exact) mass is 353 g/mol. The van der Waals surface area contributed by atoms with E-state index in [1.165, 1.54) is 23.8 Å². The molecule has 3 atom stereocenters. The molecule has 4 heteroatoms. The highest BCUT2D eigenvalue weighted by Gasteiger charge is 2.60. The van der Waals surface area contributed by atoms with Gasteiger partial charge in [-0.05, 0) is 61.4 Å². The third kappa shape index (κ3) is 1.88. The Hall–Kier alpha value is -1.94. The number of piperidine rings is 1. The van der Waals surface area contributed by atoms with Crippen molar-refractivity contribution in [1.29, 1.82) is 0 Å². The van der Waals surface area contributed by atoms with Crippen LogP contribution >= 0.6 is 0 Å². The van der Waals surface area contributed by atoms with E-state index in [0.29, 0.717) is 6.04 Å². The zero-order chi connectivity index (χ0) is 18.1. The Kier molecular flexibility index (Phi) is 3.45. The first kappa shape index (κ1) is 16.2. The Balaban J connectivity index is 1.82. The molecule has 2 aliphatic carbocycles. The maximum Gasteiger partial charge on any atom is 0.334 e. The van der Waals surface area contributed by atoms with E-state index in [1.807, 2.05) is 6.07 Å². The number of allylic oxidation sites excluding steroid dienone is 1. The number of aryl methyl sites for hydroxylation is 1. The van der Waals surface area contributed by atoms with Gasteiger partial charge in [0.1, 0.15) is 5.82 Å². The second-order valence-electron chi connectivity index (χ2n) is 8.04. The first-order valence-electron chi connectivity index (χ1n) is 9.60. The van der Waals surface area contributed by atoms with Gasteiger partial charge in [0.05, 0.1) is 7.11 Å². The molecule has 5 rings (SSSR count). The first-order chi connectivity index (χ1) is 12.6. The molecule has 1 unspecified atom stereocenters. The second kappa shape index (κ2) is 5.53. The highest BCUT2D eigenvalue weighted by Crippen LogP contribution is 2.60. The van der Waals surface area contributed by atoms with Crippen molar-refractivity contribution in [2.24, 2.45) is 5.92 Å². The van der Waals surface area contributed by atoms with Crippen LogP contribution in [0.5, 0.6) is 0 Å². The molecule has 2 aliphatic heterocycles. The lowest BCUT2D eigenvalue weighted by Gasteiger charge is -2.53. The number of hydrogen-bond acceptors (Lipinski definition) is 3. The number of rotatable bonds is 1. The molecular formula is C22H24FNO2. The van der Waals surface area contributed by atoms with E-state index < -0.39 is 0 Å². The van der Waals surface area contributed by atoms with Gasteiger partial charge in [-0.1, -0.05) is 17.7 Å². The van der Waals surface area contributed by atoms with Gasteiger partial charge in [-0.15, -0.1) is 0 Å². The number of carbonyl (C=O) groups is 1. The Morgan fingerprint density at radius 3 is 3.00 bits per heavy atom. The summed E-state index contributed by atoms with van der Waals surface area (Å²) < 4.78 is 19.4. The zero-order valence-electron chi connectivity index (χ0n) is 15.3. The number of carbonyl (C=O) groups excluding carboxylic acids is 1. The molecule has 0 aromatic heterocycles. The molecule has 1 aromatic carbocycles. The number of halogens is 1. The molecule has 2 fully saturated rings. The Morgan fingerprint density at radius 1 is 1.38 bits per heavy atom. The summed E-state index contributed by atoms with van der Waals surface area (Å²) in [5.41, 5.74) is 5.58. The molecule has 1 spiro atoms. The molecule has 0 saturated carbocycles. The summed E-state index contributed by atoms with van der Waals surface area (Å²) in [6, 6.07) is 5.62. The fourth-order valence-electron chi connectivity index (χ4n) is 6.26. The summed E-state index contributed by atoms with van der Waals surface area (Å²) in [7, 11) is 1.48. The van der Waals surface area contributed by atoms with Crippen LogP contribution in [0.2, 0.25) is 0 Å². The van der Waals surface area contributed by atoms with Crippen molar-refractivity contribution in [3.05, 3.63) is 57.9 Å². The number of nitrogens with zero attached hydrogens (tertiary/aromatic N) is 1. The average Bonchev–Trinajstić information content (AvgIpc) is 3.06. The fourth-order valence-corrected chi connectivity index (χ4v) is 6.26. The third-order valence-corrected chi connectivity index (χ3v) is 7.28. The maximum atomic E-state index is 14.2. The van der Waals surface area contributed by atoms with Crippen LogP contribution in [0.1, 0.15) is 37.3 Å². The van der Waals surface area contributed by atoms with Crippen molar-refractivity contribution in [1.82, 2.24) is 4.90 Å². The molecule has 4 aliphatic rings. The molecule has 0 N–H and O–H groups in total. The second-order valence-corrected chi connectivity index (χ2v) is 8.04. The summed E-state index contributed by atoms with van der Waals surface area (Å²) in [4.78, 5) is 15.4. The number of benzene rings is 1. The van der Waals surface area contributed by atoms with Crippen LogP contribution in [0.4, 0.5) is 4.39 Å². The predicted molar refractivity (Wildman–Crippen MR) is 97.3 cm³/mol. The summed E-state index contributed by atoms with van der Waals surface area (Å²) in [6.07, 6.45) is 5.82. The Morgan fingerprint density at radius 2 is 2.23 bits per heavy atom. The molecule has 0 radical (unpaired) electrons. The molecule has 3 nitrogen and oxygen atoms in total. The Labute approximate surface area is 153 Å². The number of methoxy groups -OCH3 is 1. The largest absolute Gasteiger partial charge is 0.466 e. The van der Waals surface area contributed by atoms with Crippen molar-refractivity contribution in [2.45, 2.75) is 44.1 Å². The van der Waals surface area contributed by atoms with Gasteiger partial charge in [0.25, 0.3) is 0 Å². The minimum atomic E-state index is -0.213. The van der Waals surface area contributed by atoms with Crippen molar-refractivity contribution in [2.75, 3.05) is 20.2 Å². The van der Waals surface area contributed by atoms with Crippen molar-refractivity contribution >= 4 is 5.97 Å². The standard InChI is InChI=1S/C22H24FNO2/c1-3-13-12-24-9-8-22-17(7-5-14-4-6-15(23)10-18(14)22)20(21(25)26-2)16(13)11-19(22)24/h3-4,6,10,16,19H,5,7-9,11-12H2,1-2H3/b13-3-/t16?,19-,22+/m0/s1. The van der Waals surface area contributed by atoms with Crippen molar-refractivity contribution in [3.8, 4) is 0 Å². The van der Waals surface area contributed by atoms with E-state index in [9.17, 15) is 9.18 Å². The van der Waals surface area contributed by atoms with Crippen LogP contribution in [0.25, 0.3) is 0 Å². The SMILES string of the molecule is C/C=C1/CN2CC[C@]34C(=C(C(=O)OC)C1C[C@H]23)CCc1ccc(F)cc14. The van der Waals surface area contributed by atoms with Gasteiger partial charge in [-0.2, -0.15) is 0 Å². The normalized spacial score (nSPS) is 33.9. The van der Waals surface area contributed by atoms with Gasteiger partial charge in [0.15, 0.2) is 0 Å². The molecule has 2 heterocycles. The third-order valence-electron chi connectivity index (χ3n) is 7.28. The van der Waals surface area contributed by atoms with Crippen LogP contribution in [-0.2, 0) is 21.4 Å². The van der Waals surface area contributed by atoms with Gasteiger partial charge in [0.2, 0.25) is 0 Å². The summed E-state index contributed by atoms with van der Waals surface area (Å²) in [5, 5.41) is 0. The number of esters is 1. The van der Waals surface area contributed by atoms with E-state index in [1.54, 1.807) is 12.1 Å². The van der Waals surface area contributed by atoms with Crippen molar-refractivity contribution < 1.29 is 13.9 Å². The van der Waals surface area contributed by atoms with Crippen LogP contribution in [0.3, 0.4) is 0 Å².